The number of rotatable bonds is 8. The van der Waals surface area contributed by atoms with Gasteiger partial charge in [-0.05, 0) is 129 Å². The summed E-state index contributed by atoms with van der Waals surface area (Å²) in [7, 11) is 0. The second-order valence-corrected chi connectivity index (χ2v) is 12.5. The molecule has 7 heteroatoms. The van der Waals surface area contributed by atoms with Crippen molar-refractivity contribution in [2.75, 3.05) is 0 Å². The molecular weight excluding hydrogens is 757 g/mol. The molecule has 0 saturated carbocycles. The van der Waals surface area contributed by atoms with Gasteiger partial charge in [0.15, 0.2) is 7.14 Å². The van der Waals surface area contributed by atoms with E-state index >= 15 is 0 Å². The summed E-state index contributed by atoms with van der Waals surface area (Å²) in [5.41, 5.74) is 2.05. The van der Waals surface area contributed by atoms with Gasteiger partial charge in [0.1, 0.15) is 36.2 Å². The molecule has 33 heavy (non-hydrogen) atoms. The van der Waals surface area contributed by atoms with Crippen molar-refractivity contribution in [3.8, 4) is 23.0 Å². The SMILES string of the molecule is Oc1ccc(COc2ccc([I+]c3ccc(OCc4ccc(O)c(I)c4)cc3)cc2)cc1I. The first-order chi connectivity index (χ1) is 16.0. The number of hydrogen-bond acceptors (Lipinski definition) is 4. The van der Waals surface area contributed by atoms with Crippen LogP contribution in [-0.4, -0.2) is 10.2 Å². The highest BCUT2D eigenvalue weighted by molar-refractivity contribution is 14.1. The Bertz CT molecular complexity index is 1130. The van der Waals surface area contributed by atoms with Crippen LogP contribution in [-0.2, 0) is 13.2 Å². The van der Waals surface area contributed by atoms with Crippen LogP contribution in [0.1, 0.15) is 11.1 Å². The molecule has 0 unspecified atom stereocenters. The number of ether oxygens (including phenoxy) is 2. The Morgan fingerprint density at radius 1 is 0.576 bits per heavy atom. The molecule has 168 valence electrons. The molecule has 0 fully saturated rings. The molecule has 0 atom stereocenters. The predicted octanol–water partition coefficient (Wildman–Crippen LogP) is 3.59. The summed E-state index contributed by atoms with van der Waals surface area (Å²) in [4.78, 5) is 0. The molecule has 4 nitrogen and oxygen atoms in total. The average Bonchev–Trinajstić information content (AvgIpc) is 2.82. The van der Waals surface area contributed by atoms with Gasteiger partial charge in [-0.3, -0.25) is 0 Å². The van der Waals surface area contributed by atoms with E-state index in [1.54, 1.807) is 12.1 Å². The molecule has 0 radical (unpaired) electrons. The lowest BCUT2D eigenvalue weighted by Crippen LogP contribution is -3.61. The molecule has 4 aromatic carbocycles. The first kappa shape index (κ1) is 24.4. The number of phenolic OH excluding ortho intramolecular Hbond substituents is 2. The molecule has 4 aromatic rings. The summed E-state index contributed by atoms with van der Waals surface area (Å²) in [6.07, 6.45) is 0. The summed E-state index contributed by atoms with van der Waals surface area (Å²) < 4.78 is 16.0. The zero-order chi connectivity index (χ0) is 23.2. The average molecular weight is 777 g/mol. The van der Waals surface area contributed by atoms with Crippen LogP contribution < -0.4 is 30.7 Å². The molecule has 2 N–H and O–H groups in total. The maximum absolute atomic E-state index is 9.63. The second kappa shape index (κ2) is 11.6. The summed E-state index contributed by atoms with van der Waals surface area (Å²) in [5.74, 6) is 2.25. The van der Waals surface area contributed by atoms with E-state index in [2.05, 4.69) is 69.4 Å². The fraction of sp³-hybridized carbons (Fsp3) is 0.0769. The van der Waals surface area contributed by atoms with Crippen LogP contribution in [0.4, 0.5) is 0 Å². The third-order valence-electron chi connectivity index (χ3n) is 4.68. The minimum atomic E-state index is -0.291. The second-order valence-electron chi connectivity index (χ2n) is 7.15. The number of phenols is 2. The van der Waals surface area contributed by atoms with Crippen molar-refractivity contribution in [3.05, 3.63) is 110 Å². The molecule has 0 aromatic heterocycles. The Labute approximate surface area is 230 Å². The van der Waals surface area contributed by atoms with Gasteiger partial charge >= 0.3 is 21.2 Å². The van der Waals surface area contributed by atoms with Crippen molar-refractivity contribution in [1.82, 2.24) is 0 Å². The van der Waals surface area contributed by atoms with Crippen LogP contribution in [0.5, 0.6) is 23.0 Å². The molecular formula is C26H20I3O4+. The molecule has 0 aliphatic carbocycles. The third-order valence-corrected chi connectivity index (χ3v) is 9.09. The number of benzene rings is 4. The lowest BCUT2D eigenvalue weighted by molar-refractivity contribution is -0.597. The zero-order valence-electron chi connectivity index (χ0n) is 17.3. The maximum atomic E-state index is 9.63. The Balaban J connectivity index is 1.28. The van der Waals surface area contributed by atoms with Crippen LogP contribution in [0.2, 0.25) is 0 Å². The highest BCUT2D eigenvalue weighted by Crippen LogP contribution is 2.22. The topological polar surface area (TPSA) is 58.9 Å². The maximum Gasteiger partial charge on any atom is 0.357 e. The van der Waals surface area contributed by atoms with E-state index in [9.17, 15) is 10.2 Å². The first-order valence-electron chi connectivity index (χ1n) is 10.0. The number of halogens is 3. The molecule has 0 aliphatic rings. The summed E-state index contributed by atoms with van der Waals surface area (Å²) >= 11 is 3.93. The van der Waals surface area contributed by atoms with Gasteiger partial charge in [-0.2, -0.15) is 0 Å². The third kappa shape index (κ3) is 7.12. The minimum Gasteiger partial charge on any atom is -0.507 e. The Morgan fingerprint density at radius 3 is 1.33 bits per heavy atom. The normalized spacial score (nSPS) is 10.7. The van der Waals surface area contributed by atoms with Crippen molar-refractivity contribution in [3.63, 3.8) is 0 Å². The molecule has 0 amide bonds. The Kier molecular flexibility index (Phi) is 8.58. The molecule has 0 bridgehead atoms. The Hall–Kier alpha value is -1.73. The quantitative estimate of drug-likeness (QED) is 0.269. The fourth-order valence-corrected chi connectivity index (χ4v) is 6.24. The van der Waals surface area contributed by atoms with E-state index in [-0.39, 0.29) is 21.2 Å². The van der Waals surface area contributed by atoms with Crippen LogP contribution in [0.15, 0.2) is 84.9 Å². The number of hydrogen-bond donors (Lipinski definition) is 2. The van der Waals surface area contributed by atoms with Crippen molar-refractivity contribution in [1.29, 1.82) is 0 Å². The van der Waals surface area contributed by atoms with Crippen LogP contribution in [0.3, 0.4) is 0 Å². The molecule has 0 saturated heterocycles. The van der Waals surface area contributed by atoms with Gasteiger partial charge in [-0.1, -0.05) is 12.1 Å². The van der Waals surface area contributed by atoms with E-state index in [0.29, 0.717) is 24.7 Å². The summed E-state index contributed by atoms with van der Waals surface area (Å²) in [6, 6.07) is 27.5. The monoisotopic (exact) mass is 777 g/mol. The highest BCUT2D eigenvalue weighted by Gasteiger charge is 2.15. The molecule has 4 rings (SSSR count). The standard InChI is InChI=1S/C26H19I3O4/c27-23-13-17(1-11-25(23)30)15-32-21-7-3-19(4-8-21)29-20-5-9-22(10-6-20)33-16-18-2-12-26(31)24(28)14-18/h1-14H,15-16H2,(H-,30,31)/p+1. The van der Waals surface area contributed by atoms with Gasteiger partial charge in [0.25, 0.3) is 0 Å². The first-order valence-corrected chi connectivity index (χ1v) is 14.3. The zero-order valence-corrected chi connectivity index (χ0v) is 23.8. The van der Waals surface area contributed by atoms with Gasteiger partial charge in [0.2, 0.25) is 0 Å². The smallest absolute Gasteiger partial charge is 0.357 e. The van der Waals surface area contributed by atoms with Crippen LogP contribution in [0, 0.1) is 14.3 Å². The van der Waals surface area contributed by atoms with Crippen molar-refractivity contribution in [2.24, 2.45) is 0 Å². The summed E-state index contributed by atoms with van der Waals surface area (Å²) in [6.45, 7) is 0.935. The van der Waals surface area contributed by atoms with Gasteiger partial charge in [-0.25, -0.2) is 0 Å². The largest absolute Gasteiger partial charge is 0.507 e. The van der Waals surface area contributed by atoms with Crippen molar-refractivity contribution < 1.29 is 40.9 Å². The van der Waals surface area contributed by atoms with Gasteiger partial charge < -0.3 is 19.7 Å². The minimum absolute atomic E-state index is 0.291. The lowest BCUT2D eigenvalue weighted by atomic mass is 10.2. The van der Waals surface area contributed by atoms with Crippen molar-refractivity contribution in [2.45, 2.75) is 13.2 Å². The van der Waals surface area contributed by atoms with E-state index in [1.807, 2.05) is 48.5 Å². The van der Waals surface area contributed by atoms with E-state index in [4.69, 9.17) is 9.47 Å². The van der Waals surface area contributed by atoms with Gasteiger partial charge in [0.05, 0.1) is 7.14 Å². The summed E-state index contributed by atoms with van der Waals surface area (Å²) in [5, 5.41) is 19.3. The van der Waals surface area contributed by atoms with Crippen LogP contribution >= 0.6 is 45.2 Å². The molecule has 0 spiro atoms. The van der Waals surface area contributed by atoms with E-state index in [1.165, 1.54) is 7.14 Å². The highest BCUT2D eigenvalue weighted by atomic mass is 127. The van der Waals surface area contributed by atoms with Crippen molar-refractivity contribution >= 4 is 45.2 Å². The lowest BCUT2D eigenvalue weighted by Gasteiger charge is -2.07. The fourth-order valence-electron chi connectivity index (χ4n) is 2.93. The van der Waals surface area contributed by atoms with E-state index < -0.39 is 0 Å². The van der Waals surface area contributed by atoms with Gasteiger partial charge in [0, 0.05) is 0 Å². The molecule has 0 aliphatic heterocycles. The number of aromatic hydroxyl groups is 2. The van der Waals surface area contributed by atoms with Crippen LogP contribution in [0.25, 0.3) is 0 Å². The Morgan fingerprint density at radius 2 is 0.970 bits per heavy atom. The molecule has 0 heterocycles. The predicted molar refractivity (Wildman–Crippen MR) is 141 cm³/mol. The van der Waals surface area contributed by atoms with Gasteiger partial charge in [-0.15, -0.1) is 0 Å². The van der Waals surface area contributed by atoms with E-state index in [0.717, 1.165) is 29.8 Å².